The average Bonchev–Trinajstić information content (AvgIpc) is 3.03. The van der Waals surface area contributed by atoms with Crippen LogP contribution in [0, 0.1) is 0 Å². The number of rotatable bonds is 10. The van der Waals surface area contributed by atoms with Crippen molar-refractivity contribution in [1.82, 2.24) is 5.32 Å². The second kappa shape index (κ2) is 14.9. The summed E-state index contributed by atoms with van der Waals surface area (Å²) in [5.74, 6) is -0.654. The number of carbonyl (C=O) groups is 1. The number of ether oxygens (including phenoxy) is 5. The first-order valence-electron chi connectivity index (χ1n) is 13.8. The number of benzene rings is 1. The second-order valence-corrected chi connectivity index (χ2v) is 10.7. The molecule has 1 aromatic carbocycles. The Morgan fingerprint density at radius 3 is 1.68 bits per heavy atom. The van der Waals surface area contributed by atoms with Crippen LogP contribution in [0.3, 0.4) is 0 Å². The molecular formula is C27H39NO16. The van der Waals surface area contributed by atoms with Crippen molar-refractivity contribution in [2.45, 2.75) is 92.1 Å². The summed E-state index contributed by atoms with van der Waals surface area (Å²) in [4.78, 5) is 12.7. The van der Waals surface area contributed by atoms with Crippen LogP contribution in [0.2, 0.25) is 0 Å². The third kappa shape index (κ3) is 7.12. The van der Waals surface area contributed by atoms with E-state index in [1.54, 1.807) is 18.2 Å². The van der Waals surface area contributed by atoms with Crippen LogP contribution >= 0.6 is 0 Å². The van der Waals surface area contributed by atoms with Crippen molar-refractivity contribution in [3.05, 3.63) is 42.0 Å². The minimum Gasteiger partial charge on any atom is -0.394 e. The third-order valence-corrected chi connectivity index (χ3v) is 7.80. The first-order valence-corrected chi connectivity index (χ1v) is 13.8. The van der Waals surface area contributed by atoms with Gasteiger partial charge in [-0.3, -0.25) is 4.79 Å². The first kappa shape index (κ1) is 34.7. The zero-order chi connectivity index (χ0) is 32.3. The van der Waals surface area contributed by atoms with Gasteiger partial charge in [-0.15, -0.1) is 0 Å². The first-order chi connectivity index (χ1) is 20.9. The van der Waals surface area contributed by atoms with Gasteiger partial charge in [0.05, 0.1) is 19.8 Å². The lowest BCUT2D eigenvalue weighted by molar-refractivity contribution is -0.373. The van der Waals surface area contributed by atoms with Crippen LogP contribution in [0.4, 0.5) is 0 Å². The van der Waals surface area contributed by atoms with Crippen LogP contribution in [0.15, 0.2) is 30.8 Å². The van der Waals surface area contributed by atoms with Crippen molar-refractivity contribution in [1.29, 1.82) is 0 Å². The smallest absolute Gasteiger partial charge is 0.253 e. The number of carbonyl (C=O) groups excluding carboxylic acids is 1. The van der Waals surface area contributed by atoms with Gasteiger partial charge in [-0.1, -0.05) is 24.8 Å². The zero-order valence-corrected chi connectivity index (χ0v) is 23.3. The largest absolute Gasteiger partial charge is 0.394 e. The molecular weight excluding hydrogens is 594 g/mol. The molecule has 0 unspecified atom stereocenters. The molecule has 4 rings (SSSR count). The summed E-state index contributed by atoms with van der Waals surface area (Å²) in [5.41, 5.74) is 0.974. The van der Waals surface area contributed by atoms with Gasteiger partial charge in [0.25, 0.3) is 5.91 Å². The van der Waals surface area contributed by atoms with Crippen LogP contribution in [0.25, 0.3) is 6.08 Å². The van der Waals surface area contributed by atoms with Gasteiger partial charge in [0, 0.05) is 5.56 Å². The van der Waals surface area contributed by atoms with Crippen LogP contribution in [-0.2, 0) is 23.7 Å². The van der Waals surface area contributed by atoms with Gasteiger partial charge in [0.2, 0.25) is 0 Å². The maximum absolute atomic E-state index is 12.7. The lowest BCUT2D eigenvalue weighted by Gasteiger charge is -2.48. The van der Waals surface area contributed by atoms with Crippen molar-refractivity contribution >= 4 is 12.0 Å². The molecule has 11 N–H and O–H groups in total. The highest BCUT2D eigenvalue weighted by Gasteiger charge is 2.53. The topological polar surface area (TPSA) is 278 Å². The molecule has 0 bridgehead atoms. The number of aliphatic hydroxyl groups is 10. The molecule has 15 atom stereocenters. The van der Waals surface area contributed by atoms with E-state index < -0.39 is 118 Å². The molecule has 44 heavy (non-hydrogen) atoms. The predicted molar refractivity (Wildman–Crippen MR) is 143 cm³/mol. The number of amides is 1. The Bertz CT molecular complexity index is 1090. The molecule has 3 saturated heterocycles. The van der Waals surface area contributed by atoms with Gasteiger partial charge < -0.3 is 80.1 Å². The van der Waals surface area contributed by atoms with Gasteiger partial charge >= 0.3 is 0 Å². The SMILES string of the molecule is C=Cc1ccc(C(=O)N[C@@H]2O[C@H](CO)[C@@H](O[C@@H]3O[C@H](CO)[C@H](O[C@H]4O[C@H](CO)[C@H](O)[C@H](O)[C@H]4O)[C@H](O)[C@H]3O)[C@H](O)[C@H]2O)cc1. The molecule has 3 aliphatic heterocycles. The highest BCUT2D eigenvalue weighted by atomic mass is 16.7. The molecule has 0 spiro atoms. The molecule has 3 heterocycles. The maximum atomic E-state index is 12.7. The Morgan fingerprint density at radius 2 is 1.16 bits per heavy atom. The van der Waals surface area contributed by atoms with Gasteiger partial charge in [-0.2, -0.15) is 0 Å². The van der Waals surface area contributed by atoms with E-state index in [-0.39, 0.29) is 5.56 Å². The normalized spacial score (nSPS) is 42.9. The van der Waals surface area contributed by atoms with E-state index in [0.29, 0.717) is 0 Å². The van der Waals surface area contributed by atoms with E-state index in [1.807, 2.05) is 0 Å². The molecule has 1 aromatic rings. The summed E-state index contributed by atoms with van der Waals surface area (Å²) in [5, 5.41) is 105. The Labute approximate surface area is 251 Å². The number of hydrogen-bond acceptors (Lipinski definition) is 16. The molecule has 0 aliphatic carbocycles. The summed E-state index contributed by atoms with van der Waals surface area (Å²) in [7, 11) is 0. The summed E-state index contributed by atoms with van der Waals surface area (Å²) in [6.45, 7) is 1.24. The second-order valence-electron chi connectivity index (χ2n) is 10.7. The van der Waals surface area contributed by atoms with Gasteiger partial charge in [-0.25, -0.2) is 0 Å². The summed E-state index contributed by atoms with van der Waals surface area (Å²) in [6.07, 6.45) is -23.6. The van der Waals surface area contributed by atoms with Crippen molar-refractivity contribution in [3.63, 3.8) is 0 Å². The van der Waals surface area contributed by atoms with E-state index in [2.05, 4.69) is 11.9 Å². The zero-order valence-electron chi connectivity index (χ0n) is 23.3. The summed E-state index contributed by atoms with van der Waals surface area (Å²) >= 11 is 0. The Kier molecular flexibility index (Phi) is 11.8. The van der Waals surface area contributed by atoms with Gasteiger partial charge in [-0.05, 0) is 17.7 Å². The van der Waals surface area contributed by atoms with Crippen molar-refractivity contribution < 1.29 is 79.5 Å². The van der Waals surface area contributed by atoms with Crippen molar-refractivity contribution in [2.75, 3.05) is 19.8 Å². The Morgan fingerprint density at radius 1 is 0.682 bits per heavy atom. The predicted octanol–water partition coefficient (Wildman–Crippen LogP) is -5.49. The van der Waals surface area contributed by atoms with Gasteiger partial charge in [0.1, 0.15) is 73.2 Å². The van der Waals surface area contributed by atoms with Crippen LogP contribution in [0.5, 0.6) is 0 Å². The highest BCUT2D eigenvalue weighted by Crippen LogP contribution is 2.32. The van der Waals surface area contributed by atoms with Crippen LogP contribution < -0.4 is 5.32 Å². The molecule has 1 amide bonds. The monoisotopic (exact) mass is 633 g/mol. The number of aliphatic hydroxyl groups excluding tert-OH is 10. The van der Waals surface area contributed by atoms with Crippen LogP contribution in [0.1, 0.15) is 15.9 Å². The fourth-order valence-electron chi connectivity index (χ4n) is 5.18. The Balaban J connectivity index is 1.42. The van der Waals surface area contributed by atoms with Crippen molar-refractivity contribution in [2.24, 2.45) is 0 Å². The molecule has 0 saturated carbocycles. The molecule has 3 aliphatic rings. The minimum absolute atomic E-state index is 0.211. The molecule has 17 heteroatoms. The van der Waals surface area contributed by atoms with E-state index in [9.17, 15) is 55.9 Å². The lowest BCUT2D eigenvalue weighted by atomic mass is 9.95. The maximum Gasteiger partial charge on any atom is 0.253 e. The van der Waals surface area contributed by atoms with Crippen molar-refractivity contribution in [3.8, 4) is 0 Å². The van der Waals surface area contributed by atoms with E-state index in [1.165, 1.54) is 12.1 Å². The van der Waals surface area contributed by atoms with E-state index in [0.717, 1.165) is 5.56 Å². The minimum atomic E-state index is -1.95. The summed E-state index contributed by atoms with van der Waals surface area (Å²) in [6, 6.07) is 6.29. The fraction of sp³-hybridized carbons (Fsp3) is 0.667. The van der Waals surface area contributed by atoms with Gasteiger partial charge in [0.15, 0.2) is 18.8 Å². The average molecular weight is 634 g/mol. The lowest BCUT2D eigenvalue weighted by Crippen LogP contribution is -2.67. The van der Waals surface area contributed by atoms with E-state index in [4.69, 9.17) is 23.7 Å². The number of nitrogens with one attached hydrogen (secondary N) is 1. The highest BCUT2D eigenvalue weighted by molar-refractivity contribution is 5.94. The molecule has 17 nitrogen and oxygen atoms in total. The molecule has 0 radical (unpaired) electrons. The molecule has 3 fully saturated rings. The van der Waals surface area contributed by atoms with E-state index >= 15 is 0 Å². The summed E-state index contributed by atoms with van der Waals surface area (Å²) < 4.78 is 27.5. The molecule has 0 aromatic heterocycles. The third-order valence-electron chi connectivity index (χ3n) is 7.80. The standard InChI is InChI=1S/C27H39NO16/c1-2-10-3-5-11(6-4-10)24(39)28-25-19(36)17(34)22(13(8-30)40-25)43-27-21(38)18(35)23(14(9-31)42-27)44-26-20(37)16(33)15(32)12(7-29)41-26/h2-6,12-23,25-27,29-38H,1,7-9H2,(H,28,39)/t12-,13-,14-,15+,16+,17-,18-,19-,20-,21-,22-,23+,25-,26-,27+/m1/s1. The Hall–Kier alpha value is -2.17. The quantitative estimate of drug-likeness (QED) is 0.115. The fourth-order valence-corrected chi connectivity index (χ4v) is 5.18. The van der Waals surface area contributed by atoms with Crippen LogP contribution in [-0.4, -0.2) is 169 Å². The number of hydrogen-bond donors (Lipinski definition) is 11. The molecule has 248 valence electrons.